The van der Waals surface area contributed by atoms with E-state index < -0.39 is 0 Å². The summed E-state index contributed by atoms with van der Waals surface area (Å²) in [5, 5.41) is 3.51. The van der Waals surface area contributed by atoms with Gasteiger partial charge in [0.25, 0.3) is 0 Å². The van der Waals surface area contributed by atoms with Crippen molar-refractivity contribution in [1.29, 1.82) is 0 Å². The molecule has 2 heterocycles. The van der Waals surface area contributed by atoms with E-state index in [-0.39, 0.29) is 0 Å². The quantitative estimate of drug-likeness (QED) is 0.838. The number of hydrogen-bond acceptors (Lipinski definition) is 4. The number of ether oxygens (including phenoxy) is 1. The van der Waals surface area contributed by atoms with Crippen LogP contribution in [0, 0.1) is 5.92 Å². The lowest BCUT2D eigenvalue weighted by atomic mass is 9.89. The van der Waals surface area contributed by atoms with Crippen LogP contribution in [-0.2, 0) is 4.74 Å². The maximum atomic E-state index is 5.63. The average molecular weight is 221 g/mol. The summed E-state index contributed by atoms with van der Waals surface area (Å²) in [6.45, 7) is 6.08. The van der Waals surface area contributed by atoms with Gasteiger partial charge in [-0.1, -0.05) is 6.92 Å². The highest BCUT2D eigenvalue weighted by Crippen LogP contribution is 2.32. The maximum Gasteiger partial charge on any atom is 0.115 e. The molecule has 0 spiro atoms. The summed E-state index contributed by atoms with van der Waals surface area (Å²) in [6.07, 6.45) is 6.77. The molecule has 4 heteroatoms. The summed E-state index contributed by atoms with van der Waals surface area (Å²) in [6, 6.07) is 0.309. The minimum atomic E-state index is 0.309. The molecule has 1 N–H and O–H groups in total. The molecule has 0 saturated carbocycles. The second kappa shape index (κ2) is 5.37. The van der Waals surface area contributed by atoms with E-state index in [1.807, 2.05) is 12.4 Å². The Kier molecular flexibility index (Phi) is 3.85. The van der Waals surface area contributed by atoms with Crippen LogP contribution in [0.2, 0.25) is 0 Å². The Morgan fingerprint density at radius 2 is 2.25 bits per heavy atom. The van der Waals surface area contributed by atoms with Gasteiger partial charge in [-0.2, -0.15) is 0 Å². The lowest BCUT2D eigenvalue weighted by Gasteiger charge is -2.26. The molecule has 3 atom stereocenters. The fraction of sp³-hybridized carbons (Fsp3) is 0.667. The second-order valence-corrected chi connectivity index (χ2v) is 4.24. The molecule has 16 heavy (non-hydrogen) atoms. The number of nitrogens with one attached hydrogen (secondary N) is 1. The molecule has 1 aromatic rings. The summed E-state index contributed by atoms with van der Waals surface area (Å²) in [7, 11) is 0. The van der Waals surface area contributed by atoms with E-state index in [4.69, 9.17) is 4.74 Å². The topological polar surface area (TPSA) is 47.0 Å². The van der Waals surface area contributed by atoms with Gasteiger partial charge >= 0.3 is 0 Å². The number of rotatable bonds is 4. The van der Waals surface area contributed by atoms with Crippen molar-refractivity contribution in [2.45, 2.75) is 32.4 Å². The van der Waals surface area contributed by atoms with Gasteiger partial charge in [-0.25, -0.2) is 9.97 Å². The molecule has 0 aromatic carbocycles. The van der Waals surface area contributed by atoms with Crippen molar-refractivity contribution in [1.82, 2.24) is 15.3 Å². The largest absolute Gasteiger partial charge is 0.378 e. The number of aromatic nitrogens is 2. The summed E-state index contributed by atoms with van der Waals surface area (Å²) >= 11 is 0. The van der Waals surface area contributed by atoms with Gasteiger partial charge in [-0.15, -0.1) is 0 Å². The summed E-state index contributed by atoms with van der Waals surface area (Å²) < 4.78 is 5.63. The zero-order valence-corrected chi connectivity index (χ0v) is 9.89. The van der Waals surface area contributed by atoms with Crippen LogP contribution in [0.5, 0.6) is 0 Å². The molecule has 1 saturated heterocycles. The predicted molar refractivity (Wildman–Crippen MR) is 62.0 cm³/mol. The van der Waals surface area contributed by atoms with Crippen LogP contribution >= 0.6 is 0 Å². The van der Waals surface area contributed by atoms with E-state index in [0.29, 0.717) is 18.1 Å². The average Bonchev–Trinajstić information content (AvgIpc) is 2.73. The standard InChI is InChI=1S/C12H19N3O/c1-3-15-12(10-6-13-8-14-7-10)11-4-5-16-9(11)2/h6-9,11-12,15H,3-5H2,1-2H3. The Hall–Kier alpha value is -1.00. The fourth-order valence-electron chi connectivity index (χ4n) is 2.39. The Bertz CT molecular complexity index is 317. The molecule has 3 unspecified atom stereocenters. The Balaban J connectivity index is 2.16. The van der Waals surface area contributed by atoms with Crippen molar-refractivity contribution in [2.24, 2.45) is 5.92 Å². The number of nitrogens with zero attached hydrogens (tertiary/aromatic N) is 2. The van der Waals surface area contributed by atoms with E-state index in [2.05, 4.69) is 29.1 Å². The predicted octanol–water partition coefficient (Wildman–Crippen LogP) is 1.55. The first kappa shape index (κ1) is 11.5. The van der Waals surface area contributed by atoms with Gasteiger partial charge in [-0.3, -0.25) is 0 Å². The molecule has 0 aliphatic carbocycles. The smallest absolute Gasteiger partial charge is 0.115 e. The van der Waals surface area contributed by atoms with Gasteiger partial charge in [0, 0.05) is 36.5 Å². The molecule has 1 fully saturated rings. The fourth-order valence-corrected chi connectivity index (χ4v) is 2.39. The van der Waals surface area contributed by atoms with Crippen molar-refractivity contribution in [3.63, 3.8) is 0 Å². The minimum absolute atomic E-state index is 0.309. The summed E-state index contributed by atoms with van der Waals surface area (Å²) in [4.78, 5) is 8.18. The highest BCUT2D eigenvalue weighted by atomic mass is 16.5. The van der Waals surface area contributed by atoms with Crippen LogP contribution in [0.15, 0.2) is 18.7 Å². The third kappa shape index (κ3) is 2.39. The van der Waals surface area contributed by atoms with Crippen molar-refractivity contribution >= 4 is 0 Å². The van der Waals surface area contributed by atoms with Crippen molar-refractivity contribution in [3.8, 4) is 0 Å². The van der Waals surface area contributed by atoms with Crippen molar-refractivity contribution in [2.75, 3.05) is 13.2 Å². The Morgan fingerprint density at radius 3 is 2.81 bits per heavy atom. The summed E-state index contributed by atoms with van der Waals surface area (Å²) in [5.74, 6) is 0.519. The Labute approximate surface area is 96.4 Å². The van der Waals surface area contributed by atoms with Gasteiger partial charge < -0.3 is 10.1 Å². The molecule has 88 valence electrons. The molecular weight excluding hydrogens is 202 g/mol. The van der Waals surface area contributed by atoms with E-state index in [9.17, 15) is 0 Å². The first-order valence-electron chi connectivity index (χ1n) is 5.92. The van der Waals surface area contributed by atoms with Crippen LogP contribution in [0.4, 0.5) is 0 Å². The normalized spacial score (nSPS) is 26.9. The number of hydrogen-bond donors (Lipinski definition) is 1. The first-order chi connectivity index (χ1) is 7.83. The van der Waals surface area contributed by atoms with E-state index in [1.165, 1.54) is 0 Å². The van der Waals surface area contributed by atoms with Crippen LogP contribution in [0.3, 0.4) is 0 Å². The molecular formula is C12H19N3O. The monoisotopic (exact) mass is 221 g/mol. The molecule has 1 aromatic heterocycles. The van der Waals surface area contributed by atoms with Gasteiger partial charge in [-0.05, 0) is 19.9 Å². The van der Waals surface area contributed by atoms with E-state index in [1.54, 1.807) is 6.33 Å². The SMILES string of the molecule is CCNC(c1cncnc1)C1CCOC1C. The molecule has 1 aliphatic rings. The summed E-state index contributed by atoms with van der Waals surface area (Å²) in [5.41, 5.74) is 1.16. The second-order valence-electron chi connectivity index (χ2n) is 4.24. The minimum Gasteiger partial charge on any atom is -0.378 e. The molecule has 0 amide bonds. The van der Waals surface area contributed by atoms with E-state index >= 15 is 0 Å². The first-order valence-corrected chi connectivity index (χ1v) is 5.92. The highest BCUT2D eigenvalue weighted by Gasteiger charge is 2.32. The van der Waals surface area contributed by atoms with Crippen molar-refractivity contribution in [3.05, 3.63) is 24.3 Å². The molecule has 0 radical (unpaired) electrons. The molecule has 0 bridgehead atoms. The van der Waals surface area contributed by atoms with Crippen LogP contribution in [0.25, 0.3) is 0 Å². The van der Waals surface area contributed by atoms with Crippen LogP contribution in [-0.4, -0.2) is 29.2 Å². The third-order valence-electron chi connectivity index (χ3n) is 3.23. The zero-order chi connectivity index (χ0) is 11.4. The van der Waals surface area contributed by atoms with Gasteiger partial charge in [0.2, 0.25) is 0 Å². The van der Waals surface area contributed by atoms with Crippen molar-refractivity contribution < 1.29 is 4.74 Å². The van der Waals surface area contributed by atoms with Crippen LogP contribution < -0.4 is 5.32 Å². The van der Waals surface area contributed by atoms with Gasteiger partial charge in [0.05, 0.1) is 6.10 Å². The van der Waals surface area contributed by atoms with Gasteiger partial charge in [0.15, 0.2) is 0 Å². The molecule has 2 rings (SSSR count). The highest BCUT2D eigenvalue weighted by molar-refractivity contribution is 5.12. The molecule has 4 nitrogen and oxygen atoms in total. The van der Waals surface area contributed by atoms with Crippen LogP contribution in [0.1, 0.15) is 31.9 Å². The maximum absolute atomic E-state index is 5.63. The third-order valence-corrected chi connectivity index (χ3v) is 3.23. The van der Waals surface area contributed by atoms with Gasteiger partial charge in [0.1, 0.15) is 6.33 Å². The lowest BCUT2D eigenvalue weighted by Crippen LogP contribution is -2.32. The molecule has 1 aliphatic heterocycles. The Morgan fingerprint density at radius 1 is 1.50 bits per heavy atom. The van der Waals surface area contributed by atoms with E-state index in [0.717, 1.165) is 25.1 Å². The lowest BCUT2D eigenvalue weighted by molar-refractivity contribution is 0.0955. The zero-order valence-electron chi connectivity index (χ0n) is 9.89.